The molecule has 2 aromatic carbocycles. The van der Waals surface area contributed by atoms with Gasteiger partial charge in [-0.15, -0.1) is 0 Å². The number of amides is 1. The first-order valence-electron chi connectivity index (χ1n) is 11.4. The molecule has 1 aromatic heterocycles. The van der Waals surface area contributed by atoms with Gasteiger partial charge >= 0.3 is 5.97 Å². The maximum absolute atomic E-state index is 13.0. The number of halogens is 2. The Morgan fingerprint density at radius 1 is 1.26 bits per heavy atom. The Balaban J connectivity index is 1.39. The molecule has 1 amide bonds. The summed E-state index contributed by atoms with van der Waals surface area (Å²) in [7, 11) is 0. The number of aromatic nitrogens is 2. The first-order chi connectivity index (χ1) is 16.9. The Morgan fingerprint density at radius 3 is 2.86 bits per heavy atom. The summed E-state index contributed by atoms with van der Waals surface area (Å²) in [6, 6.07) is 10.3. The Morgan fingerprint density at radius 2 is 2.09 bits per heavy atom. The SMILES string of the molecule is CCOC(=O)c1cccc(NC(=O)C2CCCN(Cc3nc(-c4ccc(Cl)cc4Cl)no3)C2)c1C. The van der Waals surface area contributed by atoms with Crippen molar-refractivity contribution in [1.82, 2.24) is 15.0 Å². The van der Waals surface area contributed by atoms with Crippen LogP contribution in [-0.2, 0) is 16.1 Å². The molecule has 0 aliphatic carbocycles. The molecule has 3 aromatic rings. The molecule has 10 heteroatoms. The smallest absolute Gasteiger partial charge is 0.338 e. The zero-order valence-corrected chi connectivity index (χ0v) is 21.0. The summed E-state index contributed by atoms with van der Waals surface area (Å²) in [5.74, 6) is 0.152. The van der Waals surface area contributed by atoms with E-state index in [0.717, 1.165) is 19.4 Å². The van der Waals surface area contributed by atoms with E-state index in [0.29, 0.717) is 63.8 Å². The van der Waals surface area contributed by atoms with Gasteiger partial charge in [0.2, 0.25) is 17.6 Å². The molecule has 1 fully saturated rings. The van der Waals surface area contributed by atoms with Gasteiger partial charge in [-0.3, -0.25) is 9.69 Å². The number of nitrogens with one attached hydrogen (secondary N) is 1. The van der Waals surface area contributed by atoms with Gasteiger partial charge in [-0.25, -0.2) is 4.79 Å². The number of piperidine rings is 1. The molecule has 4 rings (SSSR count). The zero-order chi connectivity index (χ0) is 24.9. The van der Waals surface area contributed by atoms with Gasteiger partial charge < -0.3 is 14.6 Å². The molecule has 184 valence electrons. The van der Waals surface area contributed by atoms with Gasteiger partial charge in [-0.2, -0.15) is 4.98 Å². The van der Waals surface area contributed by atoms with Crippen LogP contribution in [0.4, 0.5) is 5.69 Å². The molecule has 1 unspecified atom stereocenters. The number of hydrogen-bond acceptors (Lipinski definition) is 7. The van der Waals surface area contributed by atoms with Crippen molar-refractivity contribution in [2.24, 2.45) is 5.92 Å². The molecular formula is C25H26Cl2N4O4. The van der Waals surface area contributed by atoms with Crippen LogP contribution in [0, 0.1) is 12.8 Å². The largest absolute Gasteiger partial charge is 0.462 e. The van der Waals surface area contributed by atoms with Crippen molar-refractivity contribution in [3.05, 3.63) is 63.5 Å². The number of carbonyl (C=O) groups is 2. The lowest BCUT2D eigenvalue weighted by atomic mass is 9.96. The standard InChI is InChI=1S/C25H26Cl2N4O4/c1-3-34-25(33)18-7-4-8-21(15(18)2)28-24(32)16-6-5-11-31(13-16)14-22-29-23(30-35-22)19-10-9-17(26)12-20(19)27/h4,7-10,12,16H,3,5-6,11,13-14H2,1-2H3,(H,28,32). The first-order valence-corrected chi connectivity index (χ1v) is 12.2. The summed E-state index contributed by atoms with van der Waals surface area (Å²) in [6.07, 6.45) is 1.64. The highest BCUT2D eigenvalue weighted by molar-refractivity contribution is 6.36. The molecule has 0 saturated carbocycles. The normalized spacial score (nSPS) is 16.2. The lowest BCUT2D eigenvalue weighted by Crippen LogP contribution is -2.40. The monoisotopic (exact) mass is 516 g/mol. The molecule has 1 aliphatic rings. The molecule has 1 saturated heterocycles. The van der Waals surface area contributed by atoms with E-state index in [-0.39, 0.29) is 11.8 Å². The molecule has 0 spiro atoms. The van der Waals surface area contributed by atoms with Gasteiger partial charge in [0.1, 0.15) is 0 Å². The lowest BCUT2D eigenvalue weighted by molar-refractivity contribution is -0.121. The summed E-state index contributed by atoms with van der Waals surface area (Å²) in [5, 5.41) is 8.00. The van der Waals surface area contributed by atoms with Crippen LogP contribution in [0.3, 0.4) is 0 Å². The maximum Gasteiger partial charge on any atom is 0.338 e. The number of benzene rings is 2. The third kappa shape index (κ3) is 6.01. The topological polar surface area (TPSA) is 97.6 Å². The maximum atomic E-state index is 13.0. The molecule has 1 N–H and O–H groups in total. The Hall–Kier alpha value is -2.94. The number of anilines is 1. The molecule has 1 atom stereocenters. The highest BCUT2D eigenvalue weighted by Crippen LogP contribution is 2.29. The number of rotatable bonds is 7. The minimum absolute atomic E-state index is 0.0852. The highest BCUT2D eigenvalue weighted by atomic mass is 35.5. The second-order valence-corrected chi connectivity index (χ2v) is 9.24. The minimum atomic E-state index is -0.399. The van der Waals surface area contributed by atoms with Gasteiger partial charge in [0, 0.05) is 22.8 Å². The summed E-state index contributed by atoms with van der Waals surface area (Å²) in [4.78, 5) is 31.8. The molecule has 1 aliphatic heterocycles. The number of likely N-dealkylation sites (tertiary alicyclic amines) is 1. The second-order valence-electron chi connectivity index (χ2n) is 8.40. The van der Waals surface area contributed by atoms with Crippen LogP contribution in [0.25, 0.3) is 11.4 Å². The zero-order valence-electron chi connectivity index (χ0n) is 19.5. The van der Waals surface area contributed by atoms with E-state index in [1.165, 1.54) is 0 Å². The molecule has 2 heterocycles. The summed E-state index contributed by atoms with van der Waals surface area (Å²) >= 11 is 12.2. The number of hydrogen-bond donors (Lipinski definition) is 1. The van der Waals surface area contributed by atoms with Crippen LogP contribution in [0.15, 0.2) is 40.9 Å². The van der Waals surface area contributed by atoms with E-state index in [9.17, 15) is 9.59 Å². The number of nitrogens with zero attached hydrogens (tertiary/aromatic N) is 3. The van der Waals surface area contributed by atoms with Gasteiger partial charge in [-0.05, 0) is 69.1 Å². The van der Waals surface area contributed by atoms with Gasteiger partial charge in [0.25, 0.3) is 0 Å². The van der Waals surface area contributed by atoms with E-state index < -0.39 is 5.97 Å². The van der Waals surface area contributed by atoms with Gasteiger partial charge in [-0.1, -0.05) is 34.4 Å². The second kappa shape index (κ2) is 11.2. The third-order valence-electron chi connectivity index (χ3n) is 5.96. The Labute approximate surface area is 213 Å². The van der Waals surface area contributed by atoms with Crippen molar-refractivity contribution in [3.8, 4) is 11.4 Å². The molecular weight excluding hydrogens is 491 g/mol. The van der Waals surface area contributed by atoms with Crippen molar-refractivity contribution in [3.63, 3.8) is 0 Å². The average molecular weight is 517 g/mol. The Kier molecular flexibility index (Phi) is 8.05. The van der Waals surface area contributed by atoms with E-state index in [1.54, 1.807) is 50.2 Å². The quantitative estimate of drug-likeness (QED) is 0.421. The van der Waals surface area contributed by atoms with Crippen LogP contribution < -0.4 is 5.32 Å². The first kappa shape index (κ1) is 25.2. The summed E-state index contributed by atoms with van der Waals surface area (Å²) < 4.78 is 10.5. The van der Waals surface area contributed by atoms with Crippen LogP contribution in [0.5, 0.6) is 0 Å². The van der Waals surface area contributed by atoms with Crippen LogP contribution in [-0.4, -0.2) is 46.6 Å². The molecule has 35 heavy (non-hydrogen) atoms. The van der Waals surface area contributed by atoms with Crippen molar-refractivity contribution in [1.29, 1.82) is 0 Å². The average Bonchev–Trinajstić information content (AvgIpc) is 3.28. The summed E-state index contributed by atoms with van der Waals surface area (Å²) in [5.41, 5.74) is 2.38. The number of esters is 1. The van der Waals surface area contributed by atoms with E-state index in [2.05, 4.69) is 20.4 Å². The number of ether oxygens (including phenoxy) is 1. The third-order valence-corrected chi connectivity index (χ3v) is 6.51. The Bertz CT molecular complexity index is 1230. The lowest BCUT2D eigenvalue weighted by Gasteiger charge is -2.31. The van der Waals surface area contributed by atoms with Crippen LogP contribution in [0.2, 0.25) is 10.0 Å². The molecule has 8 nitrogen and oxygen atoms in total. The molecule has 0 bridgehead atoms. The van der Waals surface area contributed by atoms with Crippen LogP contribution in [0.1, 0.15) is 41.6 Å². The van der Waals surface area contributed by atoms with E-state index in [1.807, 2.05) is 0 Å². The highest BCUT2D eigenvalue weighted by Gasteiger charge is 2.28. The predicted molar refractivity (Wildman–Crippen MR) is 134 cm³/mol. The minimum Gasteiger partial charge on any atom is -0.462 e. The van der Waals surface area contributed by atoms with E-state index >= 15 is 0 Å². The fourth-order valence-corrected chi connectivity index (χ4v) is 4.63. The van der Waals surface area contributed by atoms with Crippen molar-refractivity contribution in [2.75, 3.05) is 25.0 Å². The van der Waals surface area contributed by atoms with Crippen molar-refractivity contribution in [2.45, 2.75) is 33.2 Å². The number of carbonyl (C=O) groups excluding carboxylic acids is 2. The van der Waals surface area contributed by atoms with E-state index in [4.69, 9.17) is 32.5 Å². The fraction of sp³-hybridized carbons (Fsp3) is 0.360. The van der Waals surface area contributed by atoms with Gasteiger partial charge in [0.05, 0.1) is 29.7 Å². The summed E-state index contributed by atoms with van der Waals surface area (Å²) in [6.45, 7) is 5.66. The van der Waals surface area contributed by atoms with Crippen molar-refractivity contribution < 1.29 is 18.8 Å². The van der Waals surface area contributed by atoms with Crippen molar-refractivity contribution >= 4 is 40.8 Å². The fourth-order valence-electron chi connectivity index (χ4n) is 4.14. The van der Waals surface area contributed by atoms with Gasteiger partial charge in [0.15, 0.2) is 0 Å². The molecule has 0 radical (unpaired) electrons. The predicted octanol–water partition coefficient (Wildman–Crippen LogP) is 5.38. The van der Waals surface area contributed by atoms with Crippen LogP contribution >= 0.6 is 23.2 Å².